The van der Waals surface area contributed by atoms with Gasteiger partial charge in [0.15, 0.2) is 11.5 Å². The number of anilines is 1. The van der Waals surface area contributed by atoms with Gasteiger partial charge in [-0.3, -0.25) is 9.59 Å². The van der Waals surface area contributed by atoms with Crippen LogP contribution in [0.5, 0.6) is 5.88 Å². The predicted molar refractivity (Wildman–Crippen MR) is 116 cm³/mol. The summed E-state index contributed by atoms with van der Waals surface area (Å²) in [6, 6.07) is 13.0. The molecular formula is C21H19FN6O3. The number of methoxy groups -OCH3 is 1. The Morgan fingerprint density at radius 2 is 1.97 bits per heavy atom. The van der Waals surface area contributed by atoms with Gasteiger partial charge in [-0.2, -0.15) is 5.10 Å². The number of nitrogens with zero attached hydrogens (tertiary/aromatic N) is 3. The number of H-pyrrole nitrogens is 1. The van der Waals surface area contributed by atoms with Crippen molar-refractivity contribution in [3.05, 3.63) is 70.9 Å². The van der Waals surface area contributed by atoms with Crippen LogP contribution in [0.2, 0.25) is 0 Å². The number of carbonyl (C=O) groups excluding carboxylic acids is 1. The number of ether oxygens (including phenoxy) is 1. The zero-order valence-electron chi connectivity index (χ0n) is 16.7. The van der Waals surface area contributed by atoms with E-state index >= 15 is 0 Å². The molecule has 0 aliphatic rings. The zero-order valence-corrected chi connectivity index (χ0v) is 16.7. The smallest absolute Gasteiger partial charge is 0.283 e. The molecular weight excluding hydrogens is 403 g/mol. The van der Waals surface area contributed by atoms with Crippen LogP contribution in [-0.4, -0.2) is 34.4 Å². The molecule has 0 saturated carbocycles. The maximum absolute atomic E-state index is 13.6. The van der Waals surface area contributed by atoms with Crippen molar-refractivity contribution in [3.8, 4) is 17.1 Å². The van der Waals surface area contributed by atoms with Crippen LogP contribution < -0.4 is 21.5 Å². The normalized spacial score (nSPS) is 11.8. The topological polar surface area (TPSA) is 135 Å². The van der Waals surface area contributed by atoms with Crippen LogP contribution in [0.3, 0.4) is 0 Å². The summed E-state index contributed by atoms with van der Waals surface area (Å²) < 4.78 is 18.8. The Labute approximate surface area is 176 Å². The number of para-hydroxylation sites is 1. The van der Waals surface area contributed by atoms with E-state index in [9.17, 15) is 14.0 Å². The SMILES string of the molecule is COc1nc(-c2c[nH]c(=O)c(F)c2)ccc1NC(=O)C(=Nc1ccccc1)/C(C)=N\N. The van der Waals surface area contributed by atoms with Crippen LogP contribution in [0.15, 0.2) is 69.6 Å². The van der Waals surface area contributed by atoms with Gasteiger partial charge >= 0.3 is 0 Å². The lowest BCUT2D eigenvalue weighted by Crippen LogP contribution is -2.29. The number of nitrogens with two attached hydrogens (primary N) is 1. The van der Waals surface area contributed by atoms with Gasteiger partial charge in [-0.15, -0.1) is 0 Å². The van der Waals surface area contributed by atoms with E-state index in [2.05, 4.69) is 25.4 Å². The molecule has 0 atom stereocenters. The minimum atomic E-state index is -0.936. The van der Waals surface area contributed by atoms with Crippen LogP contribution in [0.4, 0.5) is 15.8 Å². The quantitative estimate of drug-likeness (QED) is 0.319. The Kier molecular flexibility index (Phi) is 6.51. The summed E-state index contributed by atoms with van der Waals surface area (Å²) >= 11 is 0. The van der Waals surface area contributed by atoms with Crippen molar-refractivity contribution in [2.45, 2.75) is 6.92 Å². The largest absolute Gasteiger partial charge is 0.479 e. The van der Waals surface area contributed by atoms with Crippen LogP contribution in [0.25, 0.3) is 11.3 Å². The van der Waals surface area contributed by atoms with Crippen molar-refractivity contribution in [1.82, 2.24) is 9.97 Å². The first-order valence-electron chi connectivity index (χ1n) is 9.06. The molecule has 0 radical (unpaired) electrons. The number of amides is 1. The number of aromatic nitrogens is 2. The van der Waals surface area contributed by atoms with Gasteiger partial charge in [-0.05, 0) is 37.3 Å². The van der Waals surface area contributed by atoms with Gasteiger partial charge in [0.25, 0.3) is 11.5 Å². The number of benzene rings is 1. The van der Waals surface area contributed by atoms with Gasteiger partial charge in [0.05, 0.1) is 24.2 Å². The molecule has 31 heavy (non-hydrogen) atoms. The fraction of sp³-hybridized carbons (Fsp3) is 0.0952. The number of hydrazone groups is 1. The van der Waals surface area contributed by atoms with E-state index in [0.29, 0.717) is 16.9 Å². The van der Waals surface area contributed by atoms with Crippen molar-refractivity contribution in [2.24, 2.45) is 15.9 Å². The Balaban J connectivity index is 1.93. The van der Waals surface area contributed by atoms with Gasteiger partial charge in [-0.25, -0.2) is 14.4 Å². The van der Waals surface area contributed by atoms with Gasteiger partial charge in [-0.1, -0.05) is 18.2 Å². The third kappa shape index (κ3) is 4.99. The van der Waals surface area contributed by atoms with Crippen molar-refractivity contribution >= 4 is 28.7 Å². The fourth-order valence-corrected chi connectivity index (χ4v) is 2.63. The Morgan fingerprint density at radius 1 is 1.23 bits per heavy atom. The molecule has 10 heteroatoms. The molecule has 0 saturated heterocycles. The Bertz CT molecular complexity index is 1220. The zero-order chi connectivity index (χ0) is 22.4. The van der Waals surface area contributed by atoms with Crippen LogP contribution in [0, 0.1) is 5.82 Å². The summed E-state index contributed by atoms with van der Waals surface area (Å²) in [7, 11) is 1.38. The first-order chi connectivity index (χ1) is 14.9. The molecule has 1 amide bonds. The summed E-state index contributed by atoms with van der Waals surface area (Å²) in [5.74, 6) is 3.93. The van der Waals surface area contributed by atoms with E-state index in [1.54, 1.807) is 37.3 Å². The number of aromatic amines is 1. The highest BCUT2D eigenvalue weighted by molar-refractivity contribution is 6.68. The Morgan fingerprint density at radius 3 is 2.61 bits per heavy atom. The summed E-state index contributed by atoms with van der Waals surface area (Å²) in [5, 5.41) is 6.24. The van der Waals surface area contributed by atoms with E-state index in [-0.39, 0.29) is 23.0 Å². The molecule has 3 aromatic rings. The molecule has 0 unspecified atom stereocenters. The molecule has 0 bridgehead atoms. The lowest BCUT2D eigenvalue weighted by atomic mass is 10.1. The summed E-state index contributed by atoms with van der Waals surface area (Å²) in [6.07, 6.45) is 1.33. The molecule has 4 N–H and O–H groups in total. The second kappa shape index (κ2) is 9.44. The lowest BCUT2D eigenvalue weighted by molar-refractivity contribution is -0.110. The van der Waals surface area contributed by atoms with E-state index in [1.807, 2.05) is 6.07 Å². The number of pyridine rings is 2. The standard InChI is InChI=1S/C21H19FN6O3/c1-12(28-23)18(25-14-6-4-3-5-7-14)20(30)26-17-9-8-16(27-21(17)31-2)13-10-15(22)19(29)24-11-13/h3-11H,23H2,1-2H3,(H,24,29)(H,26,30)/b25-18?,28-12-. The number of hydrogen-bond donors (Lipinski definition) is 3. The third-order valence-corrected chi connectivity index (χ3v) is 4.20. The van der Waals surface area contributed by atoms with E-state index in [0.717, 1.165) is 6.07 Å². The summed E-state index contributed by atoms with van der Waals surface area (Å²) in [4.78, 5) is 35.0. The fourth-order valence-electron chi connectivity index (χ4n) is 2.63. The van der Waals surface area contributed by atoms with Crippen molar-refractivity contribution in [3.63, 3.8) is 0 Å². The molecule has 158 valence electrons. The van der Waals surface area contributed by atoms with E-state index in [4.69, 9.17) is 10.6 Å². The van der Waals surface area contributed by atoms with E-state index in [1.165, 1.54) is 19.4 Å². The number of nitrogens with one attached hydrogen (secondary N) is 2. The first-order valence-corrected chi connectivity index (χ1v) is 9.06. The number of rotatable bonds is 6. The molecule has 1 aromatic carbocycles. The maximum atomic E-state index is 13.6. The minimum absolute atomic E-state index is 0.0162. The number of hydrogen-bond acceptors (Lipinski definition) is 7. The number of carbonyl (C=O) groups is 1. The molecule has 0 spiro atoms. The molecule has 3 rings (SSSR count). The highest BCUT2D eigenvalue weighted by atomic mass is 19.1. The second-order valence-electron chi connectivity index (χ2n) is 6.28. The maximum Gasteiger partial charge on any atom is 0.283 e. The lowest BCUT2D eigenvalue weighted by Gasteiger charge is -2.12. The Hall–Kier alpha value is -4.34. The molecule has 2 heterocycles. The molecule has 9 nitrogen and oxygen atoms in total. The summed E-state index contributed by atoms with van der Waals surface area (Å²) in [5.41, 5.74) is 0.898. The van der Waals surface area contributed by atoms with Crippen molar-refractivity contribution < 1.29 is 13.9 Å². The summed E-state index contributed by atoms with van der Waals surface area (Å²) in [6.45, 7) is 1.56. The van der Waals surface area contributed by atoms with E-state index < -0.39 is 17.3 Å². The molecule has 0 aliphatic heterocycles. The van der Waals surface area contributed by atoms with Crippen molar-refractivity contribution in [1.29, 1.82) is 0 Å². The highest BCUT2D eigenvalue weighted by Gasteiger charge is 2.18. The predicted octanol–water partition coefficient (Wildman–Crippen LogP) is 2.63. The number of halogens is 1. The molecule has 0 fully saturated rings. The van der Waals surface area contributed by atoms with Gasteiger partial charge < -0.3 is 20.9 Å². The molecule has 2 aromatic heterocycles. The first kappa shape index (κ1) is 21.4. The van der Waals surface area contributed by atoms with Gasteiger partial charge in [0.2, 0.25) is 5.88 Å². The van der Waals surface area contributed by atoms with Crippen LogP contribution in [0.1, 0.15) is 6.92 Å². The van der Waals surface area contributed by atoms with Crippen molar-refractivity contribution in [2.75, 3.05) is 12.4 Å². The van der Waals surface area contributed by atoms with Gasteiger partial charge in [0.1, 0.15) is 5.69 Å². The monoisotopic (exact) mass is 422 g/mol. The molecule has 0 aliphatic carbocycles. The average Bonchev–Trinajstić information content (AvgIpc) is 2.79. The third-order valence-electron chi connectivity index (χ3n) is 4.20. The minimum Gasteiger partial charge on any atom is -0.479 e. The van der Waals surface area contributed by atoms with Gasteiger partial charge in [0, 0.05) is 11.8 Å². The average molecular weight is 422 g/mol. The van der Waals surface area contributed by atoms with Crippen LogP contribution >= 0.6 is 0 Å². The second-order valence-corrected chi connectivity index (χ2v) is 6.28. The highest BCUT2D eigenvalue weighted by Crippen LogP contribution is 2.27. The number of aliphatic imine (C=N–C) groups is 1. The van der Waals surface area contributed by atoms with Crippen LogP contribution in [-0.2, 0) is 4.79 Å².